The van der Waals surface area contributed by atoms with Crippen LogP contribution in [0, 0.1) is 0 Å². The lowest BCUT2D eigenvalue weighted by molar-refractivity contribution is 0.548. The van der Waals surface area contributed by atoms with Crippen LogP contribution in [0.1, 0.15) is 49.9 Å². The molecule has 126 valence electrons. The first-order chi connectivity index (χ1) is 12.3. The average molecular weight is 329 g/mol. The third-order valence-electron chi connectivity index (χ3n) is 4.99. The van der Waals surface area contributed by atoms with E-state index in [1.54, 1.807) is 0 Å². The minimum absolute atomic E-state index is 0.141. The van der Waals surface area contributed by atoms with Crippen LogP contribution < -0.4 is 0 Å². The van der Waals surface area contributed by atoms with Gasteiger partial charge in [0, 0.05) is 5.56 Å². The van der Waals surface area contributed by atoms with Crippen LogP contribution in [0.25, 0.3) is 16.8 Å². The molecule has 0 bridgehead atoms. The summed E-state index contributed by atoms with van der Waals surface area (Å²) in [5.74, 6) is 0. The zero-order chi connectivity index (χ0) is 17.1. The molecule has 0 fully saturated rings. The van der Waals surface area contributed by atoms with Gasteiger partial charge in [0.25, 0.3) is 0 Å². The van der Waals surface area contributed by atoms with Crippen LogP contribution in [0.3, 0.4) is 0 Å². The van der Waals surface area contributed by atoms with Crippen molar-refractivity contribution in [1.82, 2.24) is 15.0 Å². The Balaban J connectivity index is 1.85. The number of hydrogen-bond acceptors (Lipinski definition) is 2. The summed E-state index contributed by atoms with van der Waals surface area (Å²) >= 11 is 0. The zero-order valence-corrected chi connectivity index (χ0v) is 14.6. The zero-order valence-electron chi connectivity index (χ0n) is 14.6. The van der Waals surface area contributed by atoms with E-state index in [1.807, 2.05) is 6.07 Å². The lowest BCUT2D eigenvalue weighted by Gasteiger charge is -2.17. The van der Waals surface area contributed by atoms with Crippen molar-refractivity contribution in [3.05, 3.63) is 78.0 Å². The van der Waals surface area contributed by atoms with Gasteiger partial charge in [0.1, 0.15) is 5.69 Å². The van der Waals surface area contributed by atoms with Crippen molar-refractivity contribution in [2.24, 2.45) is 0 Å². The highest BCUT2D eigenvalue weighted by Crippen LogP contribution is 2.35. The minimum Gasteiger partial charge on any atom is -0.237 e. The van der Waals surface area contributed by atoms with Crippen LogP contribution >= 0.6 is 0 Å². The van der Waals surface area contributed by atoms with Crippen LogP contribution in [-0.4, -0.2) is 15.0 Å². The molecule has 3 aromatic rings. The second-order valence-electron chi connectivity index (χ2n) is 6.66. The van der Waals surface area contributed by atoms with Gasteiger partial charge in [0.15, 0.2) is 0 Å². The molecule has 25 heavy (non-hydrogen) atoms. The van der Waals surface area contributed by atoms with E-state index >= 15 is 0 Å². The molecule has 0 N–H and O–H groups in total. The first kappa shape index (κ1) is 15.8. The molecule has 1 atom stereocenters. The van der Waals surface area contributed by atoms with E-state index in [9.17, 15) is 0 Å². The molecule has 1 aromatic heterocycles. The fourth-order valence-corrected chi connectivity index (χ4v) is 3.57. The topological polar surface area (TPSA) is 30.7 Å². The van der Waals surface area contributed by atoms with Crippen LogP contribution in [0.5, 0.6) is 0 Å². The molecule has 0 saturated heterocycles. The van der Waals surface area contributed by atoms with E-state index in [0.29, 0.717) is 0 Å². The van der Waals surface area contributed by atoms with Crippen molar-refractivity contribution < 1.29 is 0 Å². The van der Waals surface area contributed by atoms with Gasteiger partial charge in [-0.15, -0.1) is 5.10 Å². The Morgan fingerprint density at radius 2 is 1.64 bits per heavy atom. The molecular formula is C22H23N3. The Kier molecular flexibility index (Phi) is 4.47. The normalized spacial score (nSPS) is 15.6. The van der Waals surface area contributed by atoms with Crippen molar-refractivity contribution in [1.29, 1.82) is 0 Å². The number of nitrogens with zero attached hydrogens (tertiary/aromatic N) is 3. The number of benzene rings is 2. The summed E-state index contributed by atoms with van der Waals surface area (Å²) < 4.78 is 2.08. The lowest BCUT2D eigenvalue weighted by Crippen LogP contribution is -2.10. The quantitative estimate of drug-likeness (QED) is 0.631. The predicted molar refractivity (Wildman–Crippen MR) is 102 cm³/mol. The molecule has 3 nitrogen and oxygen atoms in total. The van der Waals surface area contributed by atoms with E-state index in [-0.39, 0.29) is 6.04 Å². The van der Waals surface area contributed by atoms with Crippen molar-refractivity contribution in [2.45, 2.75) is 38.6 Å². The summed E-state index contributed by atoms with van der Waals surface area (Å²) in [6.07, 6.45) is 7.10. The highest BCUT2D eigenvalue weighted by Gasteiger charge is 2.22. The second kappa shape index (κ2) is 7.06. The highest BCUT2D eigenvalue weighted by molar-refractivity contribution is 5.77. The van der Waals surface area contributed by atoms with E-state index in [4.69, 9.17) is 0 Å². The molecule has 3 heteroatoms. The number of hydrogen-bond donors (Lipinski definition) is 0. The third kappa shape index (κ3) is 3.14. The van der Waals surface area contributed by atoms with Gasteiger partial charge >= 0.3 is 0 Å². The maximum Gasteiger partial charge on any atom is 0.116 e. The van der Waals surface area contributed by atoms with Crippen molar-refractivity contribution >= 4 is 5.57 Å². The van der Waals surface area contributed by atoms with E-state index in [2.05, 4.69) is 82.6 Å². The Labute approximate surface area is 149 Å². The van der Waals surface area contributed by atoms with Crippen molar-refractivity contribution in [3.63, 3.8) is 0 Å². The first-order valence-corrected chi connectivity index (χ1v) is 9.09. The summed E-state index contributed by atoms with van der Waals surface area (Å²) in [6, 6.07) is 21.2. The lowest BCUT2D eigenvalue weighted by atomic mass is 9.94. The number of aromatic nitrogens is 3. The largest absolute Gasteiger partial charge is 0.237 e. The van der Waals surface area contributed by atoms with Gasteiger partial charge in [-0.25, -0.2) is 4.68 Å². The smallest absolute Gasteiger partial charge is 0.116 e. The summed E-state index contributed by atoms with van der Waals surface area (Å²) in [5.41, 5.74) is 5.95. The number of allylic oxidation sites excluding steroid dienone is 2. The molecule has 0 spiro atoms. The summed E-state index contributed by atoms with van der Waals surface area (Å²) in [7, 11) is 0. The van der Waals surface area contributed by atoms with Crippen LogP contribution in [0.2, 0.25) is 0 Å². The van der Waals surface area contributed by atoms with Gasteiger partial charge in [-0.05, 0) is 43.7 Å². The monoisotopic (exact) mass is 329 g/mol. The molecule has 0 radical (unpaired) electrons. The van der Waals surface area contributed by atoms with Gasteiger partial charge in [-0.1, -0.05) is 72.0 Å². The van der Waals surface area contributed by atoms with Gasteiger partial charge in [-0.2, -0.15) is 0 Å². The maximum atomic E-state index is 4.61. The van der Waals surface area contributed by atoms with Crippen molar-refractivity contribution in [2.75, 3.05) is 0 Å². The molecule has 1 unspecified atom stereocenters. The van der Waals surface area contributed by atoms with Crippen LogP contribution in [0.15, 0.2) is 66.7 Å². The molecule has 0 aliphatic heterocycles. The van der Waals surface area contributed by atoms with Gasteiger partial charge < -0.3 is 0 Å². The summed E-state index contributed by atoms with van der Waals surface area (Å²) in [6.45, 7) is 2.19. The Morgan fingerprint density at radius 3 is 2.32 bits per heavy atom. The summed E-state index contributed by atoms with van der Waals surface area (Å²) in [5, 5.41) is 9.18. The fraction of sp³-hybridized carbons (Fsp3) is 0.273. The third-order valence-corrected chi connectivity index (χ3v) is 4.99. The SMILES string of the molecule is CC(c1ccccc1)n1nnc(C2=CCCCC2)c1-c1ccccc1. The first-order valence-electron chi connectivity index (χ1n) is 9.09. The molecule has 0 amide bonds. The molecule has 1 aliphatic rings. The van der Waals surface area contributed by atoms with Crippen LogP contribution in [0.4, 0.5) is 0 Å². The van der Waals surface area contributed by atoms with Crippen molar-refractivity contribution in [3.8, 4) is 11.3 Å². The Hall–Kier alpha value is -2.68. The van der Waals surface area contributed by atoms with Gasteiger partial charge in [0.2, 0.25) is 0 Å². The molecule has 1 heterocycles. The average Bonchev–Trinajstić information content (AvgIpc) is 3.14. The van der Waals surface area contributed by atoms with E-state index < -0.39 is 0 Å². The van der Waals surface area contributed by atoms with E-state index in [1.165, 1.54) is 29.5 Å². The van der Waals surface area contributed by atoms with Crippen LogP contribution in [-0.2, 0) is 0 Å². The van der Waals surface area contributed by atoms with E-state index in [0.717, 1.165) is 24.2 Å². The molecule has 4 rings (SSSR count). The molecule has 2 aromatic carbocycles. The fourth-order valence-electron chi connectivity index (χ4n) is 3.57. The Bertz CT molecular complexity index is 863. The minimum atomic E-state index is 0.141. The van der Waals surface area contributed by atoms with Gasteiger partial charge in [-0.3, -0.25) is 0 Å². The molecule has 1 aliphatic carbocycles. The highest BCUT2D eigenvalue weighted by atomic mass is 15.4. The van der Waals surface area contributed by atoms with Gasteiger partial charge in [0.05, 0.1) is 11.7 Å². The predicted octanol–water partition coefficient (Wildman–Crippen LogP) is 5.51. The standard InChI is InChI=1S/C22H23N3/c1-17(18-11-5-2-6-12-18)25-22(20-15-9-4-10-16-20)21(23-24-25)19-13-7-3-8-14-19/h2,4-6,9-13,15-17H,3,7-8,14H2,1H3. The maximum absolute atomic E-state index is 4.61. The molecular weight excluding hydrogens is 306 g/mol. The summed E-state index contributed by atoms with van der Waals surface area (Å²) in [4.78, 5) is 0. The molecule has 0 saturated carbocycles. The second-order valence-corrected chi connectivity index (χ2v) is 6.66. The Morgan fingerprint density at radius 1 is 0.920 bits per heavy atom. The number of rotatable bonds is 4.